The third kappa shape index (κ3) is 4.23. The molecular formula is C20H28N2O2. The molecule has 0 spiro atoms. The third-order valence-corrected chi connectivity index (χ3v) is 5.38. The first kappa shape index (κ1) is 17.2. The first-order chi connectivity index (χ1) is 11.6. The van der Waals surface area contributed by atoms with Crippen molar-refractivity contribution in [1.82, 2.24) is 9.80 Å². The van der Waals surface area contributed by atoms with Crippen molar-refractivity contribution in [2.45, 2.75) is 39.0 Å². The molecule has 2 aliphatic rings. The Balaban J connectivity index is 1.47. The van der Waals surface area contributed by atoms with Crippen molar-refractivity contribution in [2.75, 3.05) is 32.7 Å². The van der Waals surface area contributed by atoms with E-state index in [1.165, 1.54) is 24.8 Å². The van der Waals surface area contributed by atoms with Crippen LogP contribution in [0.5, 0.6) is 0 Å². The minimum atomic E-state index is 0.169. The highest BCUT2D eigenvalue weighted by Gasteiger charge is 2.28. The van der Waals surface area contributed by atoms with Gasteiger partial charge in [-0.25, -0.2) is 0 Å². The van der Waals surface area contributed by atoms with Crippen molar-refractivity contribution in [1.29, 1.82) is 0 Å². The number of benzene rings is 1. The Bertz CT molecular complexity index is 568. The third-order valence-electron chi connectivity index (χ3n) is 5.38. The summed E-state index contributed by atoms with van der Waals surface area (Å²) in [6.45, 7) is 5.60. The lowest BCUT2D eigenvalue weighted by molar-refractivity contribution is -0.138. The Morgan fingerprint density at radius 3 is 2.21 bits per heavy atom. The van der Waals surface area contributed by atoms with Crippen molar-refractivity contribution in [3.05, 3.63) is 35.4 Å². The van der Waals surface area contributed by atoms with Crippen LogP contribution < -0.4 is 0 Å². The fraction of sp³-hybridized carbons (Fsp3) is 0.600. The summed E-state index contributed by atoms with van der Waals surface area (Å²) in [6.07, 6.45) is 5.79. The molecule has 0 unspecified atom stereocenters. The zero-order valence-electron chi connectivity index (χ0n) is 14.7. The van der Waals surface area contributed by atoms with Crippen molar-refractivity contribution < 1.29 is 9.59 Å². The number of amides is 1. The van der Waals surface area contributed by atoms with Crippen LogP contribution in [0.1, 0.15) is 48.0 Å². The molecule has 0 atom stereocenters. The van der Waals surface area contributed by atoms with Crippen molar-refractivity contribution >= 4 is 11.7 Å². The van der Waals surface area contributed by atoms with Crippen LogP contribution in [0.3, 0.4) is 0 Å². The number of nitrogens with zero attached hydrogens (tertiary/aromatic N) is 2. The molecule has 1 aromatic carbocycles. The minimum Gasteiger partial charge on any atom is -0.340 e. The number of hydrogen-bond donors (Lipinski definition) is 0. The van der Waals surface area contributed by atoms with E-state index in [1.807, 2.05) is 36.1 Å². The predicted octanol–water partition coefficient (Wildman–Crippen LogP) is 2.90. The Morgan fingerprint density at radius 2 is 1.58 bits per heavy atom. The second-order valence-electron chi connectivity index (χ2n) is 7.23. The molecule has 0 radical (unpaired) electrons. The van der Waals surface area contributed by atoms with E-state index < -0.39 is 0 Å². The molecule has 3 rings (SSSR count). The van der Waals surface area contributed by atoms with E-state index in [4.69, 9.17) is 0 Å². The van der Waals surface area contributed by atoms with E-state index in [0.717, 1.165) is 44.6 Å². The van der Waals surface area contributed by atoms with Crippen LogP contribution in [0.15, 0.2) is 24.3 Å². The van der Waals surface area contributed by atoms with Gasteiger partial charge in [-0.3, -0.25) is 14.5 Å². The molecule has 2 fully saturated rings. The molecule has 1 aromatic rings. The van der Waals surface area contributed by atoms with Crippen LogP contribution in [0.4, 0.5) is 0 Å². The summed E-state index contributed by atoms with van der Waals surface area (Å²) in [4.78, 5) is 29.1. The molecule has 0 bridgehead atoms. The van der Waals surface area contributed by atoms with Gasteiger partial charge in [-0.2, -0.15) is 0 Å². The predicted molar refractivity (Wildman–Crippen MR) is 95.1 cm³/mol. The Labute approximate surface area is 144 Å². The van der Waals surface area contributed by atoms with Gasteiger partial charge in [0.15, 0.2) is 5.78 Å². The molecule has 4 heteroatoms. The Morgan fingerprint density at radius 1 is 0.958 bits per heavy atom. The molecule has 24 heavy (non-hydrogen) atoms. The average molecular weight is 328 g/mol. The number of rotatable bonds is 4. The number of ketones is 1. The summed E-state index contributed by atoms with van der Waals surface area (Å²) in [7, 11) is 0. The lowest BCUT2D eigenvalue weighted by atomic mass is 9.88. The van der Waals surface area contributed by atoms with Crippen LogP contribution in [0.25, 0.3) is 0 Å². The molecule has 4 nitrogen and oxygen atoms in total. The monoisotopic (exact) mass is 328 g/mol. The van der Waals surface area contributed by atoms with Gasteiger partial charge >= 0.3 is 0 Å². The molecule has 1 aliphatic heterocycles. The summed E-state index contributed by atoms with van der Waals surface area (Å²) < 4.78 is 0. The van der Waals surface area contributed by atoms with Gasteiger partial charge in [0.1, 0.15) is 0 Å². The summed E-state index contributed by atoms with van der Waals surface area (Å²) in [5.41, 5.74) is 1.95. The zero-order chi connectivity index (χ0) is 16.9. The van der Waals surface area contributed by atoms with Crippen molar-refractivity contribution in [3.8, 4) is 0 Å². The number of hydrogen-bond acceptors (Lipinski definition) is 3. The molecule has 130 valence electrons. The summed E-state index contributed by atoms with van der Waals surface area (Å²) in [6, 6.07) is 7.77. The largest absolute Gasteiger partial charge is 0.340 e. The first-order valence-corrected chi connectivity index (χ1v) is 9.24. The molecule has 1 saturated heterocycles. The quantitative estimate of drug-likeness (QED) is 0.798. The van der Waals surface area contributed by atoms with Gasteiger partial charge in [-0.1, -0.05) is 49.1 Å². The van der Waals surface area contributed by atoms with Crippen molar-refractivity contribution in [3.63, 3.8) is 0 Å². The van der Waals surface area contributed by atoms with Crippen LogP contribution in [0.2, 0.25) is 0 Å². The van der Waals surface area contributed by atoms with E-state index in [0.29, 0.717) is 12.5 Å². The lowest BCUT2D eigenvalue weighted by Gasteiger charge is -2.36. The van der Waals surface area contributed by atoms with E-state index in [9.17, 15) is 9.59 Å². The highest BCUT2D eigenvalue weighted by molar-refractivity contribution is 5.97. The number of Topliss-reactive ketones (excluding diaryl/α,β-unsaturated/α-hetero) is 1. The average Bonchev–Trinajstić information content (AvgIpc) is 2.63. The molecule has 1 saturated carbocycles. The van der Waals surface area contributed by atoms with Gasteiger partial charge in [0.25, 0.3) is 0 Å². The van der Waals surface area contributed by atoms with Gasteiger partial charge in [0.05, 0.1) is 6.54 Å². The van der Waals surface area contributed by atoms with E-state index >= 15 is 0 Å². The Hall–Kier alpha value is -1.68. The van der Waals surface area contributed by atoms with Gasteiger partial charge in [0, 0.05) is 37.7 Å². The number of carbonyl (C=O) groups excluding carboxylic acids is 2. The van der Waals surface area contributed by atoms with E-state index in [1.54, 1.807) is 0 Å². The van der Waals surface area contributed by atoms with Crippen LogP contribution >= 0.6 is 0 Å². The maximum Gasteiger partial charge on any atom is 0.225 e. The standard InChI is InChI=1S/C20H28N2O2/c1-16-7-9-17(10-8-16)19(23)15-21-11-13-22(14-12-21)20(24)18-5-3-2-4-6-18/h7-10,18H,2-6,11-15H2,1H3. The van der Waals surface area contributed by atoms with E-state index in [-0.39, 0.29) is 11.7 Å². The first-order valence-electron chi connectivity index (χ1n) is 9.24. The Kier molecular flexibility index (Phi) is 5.67. The maximum atomic E-state index is 12.6. The molecule has 1 heterocycles. The highest BCUT2D eigenvalue weighted by atomic mass is 16.2. The van der Waals surface area contributed by atoms with E-state index in [2.05, 4.69) is 4.90 Å². The van der Waals surface area contributed by atoms with Crippen LogP contribution in [-0.2, 0) is 4.79 Å². The summed E-state index contributed by atoms with van der Waals surface area (Å²) in [5.74, 6) is 0.765. The molecule has 0 aromatic heterocycles. The van der Waals surface area contributed by atoms with Crippen LogP contribution in [0, 0.1) is 12.8 Å². The number of carbonyl (C=O) groups is 2. The summed E-state index contributed by atoms with van der Waals surface area (Å²) >= 11 is 0. The van der Waals surface area contributed by atoms with Crippen molar-refractivity contribution in [2.24, 2.45) is 5.92 Å². The smallest absolute Gasteiger partial charge is 0.225 e. The highest BCUT2D eigenvalue weighted by Crippen LogP contribution is 2.25. The molecular weight excluding hydrogens is 300 g/mol. The minimum absolute atomic E-state index is 0.169. The molecule has 1 aliphatic carbocycles. The van der Waals surface area contributed by atoms with Crippen LogP contribution in [-0.4, -0.2) is 54.2 Å². The number of aryl methyl sites for hydroxylation is 1. The zero-order valence-corrected chi connectivity index (χ0v) is 14.7. The van der Waals surface area contributed by atoms with Gasteiger partial charge in [0.2, 0.25) is 5.91 Å². The van der Waals surface area contributed by atoms with Gasteiger partial charge in [-0.15, -0.1) is 0 Å². The fourth-order valence-corrected chi connectivity index (χ4v) is 3.77. The summed E-state index contributed by atoms with van der Waals surface area (Å²) in [5, 5.41) is 0. The topological polar surface area (TPSA) is 40.6 Å². The SMILES string of the molecule is Cc1ccc(C(=O)CN2CCN(C(=O)C3CCCCC3)CC2)cc1. The maximum absolute atomic E-state index is 12.6. The number of piperazine rings is 1. The molecule has 0 N–H and O–H groups in total. The van der Waals surface area contributed by atoms with Gasteiger partial charge < -0.3 is 4.90 Å². The normalized spacial score (nSPS) is 20.1. The second kappa shape index (κ2) is 7.93. The lowest BCUT2D eigenvalue weighted by Crippen LogP contribution is -2.51. The molecule has 1 amide bonds. The van der Waals surface area contributed by atoms with Gasteiger partial charge in [-0.05, 0) is 19.8 Å². The fourth-order valence-electron chi connectivity index (χ4n) is 3.77. The second-order valence-corrected chi connectivity index (χ2v) is 7.23.